The second kappa shape index (κ2) is 6.06. The average molecular weight is 340 g/mol. The lowest BCUT2D eigenvalue weighted by Crippen LogP contribution is -2.46. The topological polar surface area (TPSA) is 49.7 Å². The van der Waals surface area contributed by atoms with Crippen LogP contribution in [0.4, 0.5) is 0 Å². The van der Waals surface area contributed by atoms with Crippen LogP contribution < -0.4 is 0 Å². The monoisotopic (exact) mass is 340 g/mol. The highest BCUT2D eigenvalue weighted by molar-refractivity contribution is 7.90. The molecule has 1 atom stereocenters. The summed E-state index contributed by atoms with van der Waals surface area (Å²) in [7, 11) is -3.30. The van der Waals surface area contributed by atoms with Crippen molar-refractivity contribution in [1.29, 1.82) is 0 Å². The highest BCUT2D eigenvalue weighted by atomic mass is 32.2. The molecule has 0 amide bonds. The Balaban J connectivity index is 1.66. The first-order chi connectivity index (χ1) is 11.6. The molecule has 0 aliphatic carbocycles. The van der Waals surface area contributed by atoms with E-state index in [-0.39, 0.29) is 11.7 Å². The van der Waals surface area contributed by atoms with Gasteiger partial charge in [-0.1, -0.05) is 54.6 Å². The van der Waals surface area contributed by atoms with Crippen molar-refractivity contribution >= 4 is 15.9 Å². The molecule has 2 aliphatic heterocycles. The van der Waals surface area contributed by atoms with E-state index in [4.69, 9.17) is 0 Å². The molecule has 24 heavy (non-hydrogen) atoms. The van der Waals surface area contributed by atoms with Gasteiger partial charge < -0.3 is 4.90 Å². The van der Waals surface area contributed by atoms with Gasteiger partial charge in [-0.2, -0.15) is 0 Å². The minimum absolute atomic E-state index is 0.0821. The number of amidine groups is 1. The zero-order chi connectivity index (χ0) is 16.6. The maximum atomic E-state index is 11.9. The molecule has 0 spiro atoms. The quantitative estimate of drug-likeness (QED) is 0.843. The van der Waals surface area contributed by atoms with Crippen LogP contribution in [-0.4, -0.2) is 38.0 Å². The van der Waals surface area contributed by atoms with Gasteiger partial charge in [-0.3, -0.25) is 0 Å². The first-order valence-electron chi connectivity index (χ1n) is 8.35. The van der Waals surface area contributed by atoms with Gasteiger partial charge in [-0.15, -0.1) is 4.40 Å². The molecule has 1 unspecified atom stereocenters. The molecule has 4 nitrogen and oxygen atoms in total. The van der Waals surface area contributed by atoms with Crippen molar-refractivity contribution in [3.8, 4) is 11.1 Å². The molecule has 2 aliphatic rings. The van der Waals surface area contributed by atoms with E-state index in [9.17, 15) is 8.42 Å². The minimum Gasteiger partial charge on any atom is -0.358 e. The van der Waals surface area contributed by atoms with Gasteiger partial charge in [-0.05, 0) is 29.5 Å². The molecule has 0 radical (unpaired) electrons. The van der Waals surface area contributed by atoms with Gasteiger partial charge in [0, 0.05) is 19.0 Å². The van der Waals surface area contributed by atoms with Crippen molar-refractivity contribution in [1.82, 2.24) is 4.90 Å². The normalized spacial score (nSPS) is 22.6. The molecule has 4 rings (SSSR count). The molecule has 2 aromatic rings. The van der Waals surface area contributed by atoms with Crippen LogP contribution in [0, 0.1) is 0 Å². The molecule has 0 aromatic heterocycles. The van der Waals surface area contributed by atoms with Crippen LogP contribution in [0.5, 0.6) is 0 Å². The third-order valence-corrected chi connectivity index (χ3v) is 5.99. The summed E-state index contributed by atoms with van der Waals surface area (Å²) in [5.41, 5.74) is 3.51. The molecule has 0 N–H and O–H groups in total. The lowest BCUT2D eigenvalue weighted by molar-refractivity contribution is 0.366. The Morgan fingerprint density at radius 1 is 0.917 bits per heavy atom. The fourth-order valence-corrected chi connectivity index (χ4v) is 4.64. The zero-order valence-electron chi connectivity index (χ0n) is 13.4. The third kappa shape index (κ3) is 2.96. The Hall–Kier alpha value is -2.14. The van der Waals surface area contributed by atoms with Gasteiger partial charge in [-0.25, -0.2) is 8.42 Å². The maximum absolute atomic E-state index is 11.9. The van der Waals surface area contributed by atoms with Crippen molar-refractivity contribution in [2.75, 3.05) is 18.8 Å². The van der Waals surface area contributed by atoms with E-state index >= 15 is 0 Å². The fraction of sp³-hybridized carbons (Fsp3) is 0.316. The molecule has 2 aromatic carbocycles. The summed E-state index contributed by atoms with van der Waals surface area (Å²) >= 11 is 0. The van der Waals surface area contributed by atoms with E-state index in [0.717, 1.165) is 30.8 Å². The fourth-order valence-electron chi connectivity index (χ4n) is 3.57. The van der Waals surface area contributed by atoms with Crippen LogP contribution in [0.1, 0.15) is 24.3 Å². The summed E-state index contributed by atoms with van der Waals surface area (Å²) < 4.78 is 27.9. The van der Waals surface area contributed by atoms with Crippen molar-refractivity contribution in [2.45, 2.75) is 18.8 Å². The Morgan fingerprint density at radius 3 is 2.38 bits per heavy atom. The summed E-state index contributed by atoms with van der Waals surface area (Å²) in [5.74, 6) is 0.953. The van der Waals surface area contributed by atoms with E-state index in [1.165, 1.54) is 11.1 Å². The van der Waals surface area contributed by atoms with Gasteiger partial charge in [0.25, 0.3) is 10.0 Å². The van der Waals surface area contributed by atoms with Crippen LogP contribution in [0.15, 0.2) is 59.0 Å². The van der Waals surface area contributed by atoms with E-state index in [1.807, 2.05) is 18.2 Å². The predicted molar refractivity (Wildman–Crippen MR) is 96.6 cm³/mol. The van der Waals surface area contributed by atoms with Crippen molar-refractivity contribution in [2.24, 2.45) is 4.40 Å². The number of benzene rings is 2. The van der Waals surface area contributed by atoms with Gasteiger partial charge in [0.1, 0.15) is 5.84 Å². The van der Waals surface area contributed by atoms with Gasteiger partial charge in [0.15, 0.2) is 0 Å². The lowest BCUT2D eigenvalue weighted by Gasteiger charge is -2.37. The number of hydrogen-bond donors (Lipinski definition) is 0. The molecular weight excluding hydrogens is 320 g/mol. The molecule has 1 saturated heterocycles. The largest absolute Gasteiger partial charge is 0.358 e. The zero-order valence-corrected chi connectivity index (χ0v) is 14.2. The second-order valence-corrected chi connectivity index (χ2v) is 8.16. The van der Waals surface area contributed by atoms with Gasteiger partial charge in [0.05, 0.1) is 5.75 Å². The van der Waals surface area contributed by atoms with Gasteiger partial charge >= 0.3 is 0 Å². The lowest BCUT2D eigenvalue weighted by atomic mass is 9.88. The number of hydrogen-bond acceptors (Lipinski definition) is 3. The average Bonchev–Trinajstić information content (AvgIpc) is 2.61. The smallest absolute Gasteiger partial charge is 0.256 e. The van der Waals surface area contributed by atoms with Crippen LogP contribution >= 0.6 is 0 Å². The number of fused-ring (bicyclic) bond motifs is 1. The third-order valence-electron chi connectivity index (χ3n) is 4.83. The number of rotatable bonds is 2. The first-order valence-corrected chi connectivity index (χ1v) is 9.96. The standard InChI is InChI=1S/C19H20N2O2S/c22-24(23)14-13-21-12-4-7-18(19(21)20-24)17-10-8-16(9-11-17)15-5-2-1-3-6-15/h1-3,5-6,8-11,18H,4,7,12-14H2. The number of sulfonamides is 1. The molecule has 0 saturated carbocycles. The highest BCUT2D eigenvalue weighted by Crippen LogP contribution is 2.32. The Kier molecular flexibility index (Phi) is 3.88. The predicted octanol–water partition coefficient (Wildman–Crippen LogP) is 3.27. The SMILES string of the molecule is O=S1(=O)CCN2CCCC(c3ccc(-c4ccccc4)cc3)C2=N1. The minimum atomic E-state index is -3.30. The Morgan fingerprint density at radius 2 is 1.62 bits per heavy atom. The van der Waals surface area contributed by atoms with Crippen molar-refractivity contribution in [3.63, 3.8) is 0 Å². The van der Waals surface area contributed by atoms with Crippen molar-refractivity contribution in [3.05, 3.63) is 60.2 Å². The van der Waals surface area contributed by atoms with Gasteiger partial charge in [0.2, 0.25) is 0 Å². The van der Waals surface area contributed by atoms with E-state index in [0.29, 0.717) is 6.54 Å². The summed E-state index contributed by atoms with van der Waals surface area (Å²) in [6.45, 7) is 1.48. The molecule has 2 heterocycles. The first kappa shape index (κ1) is 15.4. The molecular formula is C19H20N2O2S. The van der Waals surface area contributed by atoms with E-state index in [2.05, 4.69) is 45.7 Å². The second-order valence-electron chi connectivity index (χ2n) is 6.41. The molecule has 5 heteroatoms. The van der Waals surface area contributed by atoms with Crippen LogP contribution in [0.25, 0.3) is 11.1 Å². The molecule has 124 valence electrons. The van der Waals surface area contributed by atoms with Crippen LogP contribution in [0.3, 0.4) is 0 Å². The highest BCUT2D eigenvalue weighted by Gasteiger charge is 2.33. The summed E-state index contributed by atoms with van der Waals surface area (Å²) in [6, 6.07) is 18.7. The number of piperidine rings is 1. The summed E-state index contributed by atoms with van der Waals surface area (Å²) in [6.07, 6.45) is 2.03. The molecule has 0 bridgehead atoms. The van der Waals surface area contributed by atoms with Crippen LogP contribution in [-0.2, 0) is 10.0 Å². The summed E-state index contributed by atoms with van der Waals surface area (Å²) in [5, 5.41) is 0. The molecule has 1 fully saturated rings. The van der Waals surface area contributed by atoms with Crippen LogP contribution in [0.2, 0.25) is 0 Å². The van der Waals surface area contributed by atoms with E-state index < -0.39 is 10.0 Å². The Labute approximate surface area is 142 Å². The Bertz CT molecular complexity index is 858. The number of nitrogens with zero attached hydrogens (tertiary/aromatic N) is 2. The maximum Gasteiger partial charge on any atom is 0.256 e. The van der Waals surface area contributed by atoms with Crippen molar-refractivity contribution < 1.29 is 8.42 Å². The van der Waals surface area contributed by atoms with E-state index in [1.54, 1.807) is 0 Å². The summed E-state index contributed by atoms with van der Waals surface area (Å²) in [4.78, 5) is 2.14.